The highest BCUT2D eigenvalue weighted by Gasteiger charge is 2.20. The SMILES string of the molecule is CN1CCc2c1ccc(CCO)c2O. The van der Waals surface area contributed by atoms with Crippen LogP contribution in [0.1, 0.15) is 11.1 Å². The molecule has 2 rings (SSSR count). The molecule has 0 amide bonds. The summed E-state index contributed by atoms with van der Waals surface area (Å²) < 4.78 is 0. The molecule has 14 heavy (non-hydrogen) atoms. The van der Waals surface area contributed by atoms with Gasteiger partial charge >= 0.3 is 0 Å². The Bertz CT molecular complexity index is 349. The summed E-state index contributed by atoms with van der Waals surface area (Å²) in [5, 5.41) is 18.7. The number of rotatable bonds is 2. The Morgan fingerprint density at radius 1 is 1.43 bits per heavy atom. The van der Waals surface area contributed by atoms with E-state index in [1.165, 1.54) is 0 Å². The van der Waals surface area contributed by atoms with Crippen LogP contribution in [-0.2, 0) is 12.8 Å². The average molecular weight is 193 g/mol. The van der Waals surface area contributed by atoms with E-state index < -0.39 is 0 Å². The molecule has 0 bridgehead atoms. The first-order valence-electron chi connectivity index (χ1n) is 4.89. The van der Waals surface area contributed by atoms with Gasteiger partial charge in [0, 0.05) is 31.5 Å². The van der Waals surface area contributed by atoms with Crippen LogP contribution in [0.2, 0.25) is 0 Å². The third kappa shape index (κ3) is 1.34. The summed E-state index contributed by atoms with van der Waals surface area (Å²) in [5.41, 5.74) is 2.99. The smallest absolute Gasteiger partial charge is 0.124 e. The highest BCUT2D eigenvalue weighted by atomic mass is 16.3. The van der Waals surface area contributed by atoms with Gasteiger partial charge in [0.1, 0.15) is 5.75 Å². The number of hydrogen-bond donors (Lipinski definition) is 2. The molecule has 2 N–H and O–H groups in total. The molecule has 0 radical (unpaired) electrons. The minimum atomic E-state index is 0.0855. The molecule has 0 saturated heterocycles. The predicted molar refractivity (Wildman–Crippen MR) is 55.9 cm³/mol. The molecule has 1 aromatic carbocycles. The fourth-order valence-corrected chi connectivity index (χ4v) is 2.00. The maximum atomic E-state index is 9.92. The lowest BCUT2D eigenvalue weighted by Gasteiger charge is -2.13. The van der Waals surface area contributed by atoms with Crippen LogP contribution in [-0.4, -0.2) is 30.4 Å². The van der Waals surface area contributed by atoms with E-state index in [1.807, 2.05) is 19.2 Å². The minimum absolute atomic E-state index is 0.0855. The van der Waals surface area contributed by atoms with Gasteiger partial charge in [0.25, 0.3) is 0 Å². The minimum Gasteiger partial charge on any atom is -0.507 e. The molecule has 0 saturated carbocycles. The maximum Gasteiger partial charge on any atom is 0.124 e. The number of likely N-dealkylation sites (N-methyl/N-ethyl adjacent to an activating group) is 1. The zero-order valence-corrected chi connectivity index (χ0v) is 8.32. The Morgan fingerprint density at radius 3 is 2.93 bits per heavy atom. The van der Waals surface area contributed by atoms with Gasteiger partial charge in [-0.1, -0.05) is 6.07 Å². The van der Waals surface area contributed by atoms with Crippen LogP contribution < -0.4 is 4.90 Å². The van der Waals surface area contributed by atoms with Gasteiger partial charge in [0.2, 0.25) is 0 Å². The molecule has 76 valence electrons. The van der Waals surface area contributed by atoms with Crippen molar-refractivity contribution in [3.63, 3.8) is 0 Å². The topological polar surface area (TPSA) is 43.7 Å². The van der Waals surface area contributed by atoms with E-state index in [9.17, 15) is 5.11 Å². The van der Waals surface area contributed by atoms with Gasteiger partial charge in [-0.25, -0.2) is 0 Å². The van der Waals surface area contributed by atoms with Gasteiger partial charge in [-0.15, -0.1) is 0 Å². The normalized spacial score (nSPS) is 14.6. The Balaban J connectivity index is 2.42. The van der Waals surface area contributed by atoms with Crippen LogP contribution in [0.3, 0.4) is 0 Å². The van der Waals surface area contributed by atoms with Crippen LogP contribution in [0, 0.1) is 0 Å². The number of benzene rings is 1. The number of aliphatic hydroxyl groups is 1. The summed E-state index contributed by atoms with van der Waals surface area (Å²) in [5.74, 6) is 0.376. The highest BCUT2D eigenvalue weighted by molar-refractivity contribution is 5.64. The van der Waals surface area contributed by atoms with Crippen LogP contribution in [0.15, 0.2) is 12.1 Å². The van der Waals surface area contributed by atoms with Crippen molar-refractivity contribution >= 4 is 5.69 Å². The zero-order valence-electron chi connectivity index (χ0n) is 8.32. The Labute approximate surface area is 83.6 Å². The molecule has 1 aliphatic rings. The van der Waals surface area contributed by atoms with Crippen molar-refractivity contribution in [2.24, 2.45) is 0 Å². The molecule has 1 aromatic rings. The van der Waals surface area contributed by atoms with Crippen LogP contribution in [0.25, 0.3) is 0 Å². The summed E-state index contributed by atoms with van der Waals surface area (Å²) >= 11 is 0. The predicted octanol–water partition coefficient (Wildman–Crippen LogP) is 0.919. The van der Waals surface area contributed by atoms with Crippen molar-refractivity contribution < 1.29 is 10.2 Å². The fraction of sp³-hybridized carbons (Fsp3) is 0.455. The van der Waals surface area contributed by atoms with E-state index in [4.69, 9.17) is 5.11 Å². The number of hydrogen-bond acceptors (Lipinski definition) is 3. The lowest BCUT2D eigenvalue weighted by molar-refractivity contribution is 0.297. The van der Waals surface area contributed by atoms with E-state index >= 15 is 0 Å². The molecular weight excluding hydrogens is 178 g/mol. The fourth-order valence-electron chi connectivity index (χ4n) is 2.00. The standard InChI is InChI=1S/C11H15NO2/c1-12-6-4-9-10(12)3-2-8(5-7-13)11(9)14/h2-3,13-14H,4-7H2,1H3. The maximum absolute atomic E-state index is 9.92. The third-order valence-electron chi connectivity index (χ3n) is 2.83. The quantitative estimate of drug-likeness (QED) is 0.734. The Morgan fingerprint density at radius 2 is 2.21 bits per heavy atom. The summed E-state index contributed by atoms with van der Waals surface area (Å²) in [6, 6.07) is 3.92. The van der Waals surface area contributed by atoms with Crippen molar-refractivity contribution in [3.8, 4) is 5.75 Å². The number of phenols is 1. The monoisotopic (exact) mass is 193 g/mol. The first kappa shape index (κ1) is 9.34. The number of fused-ring (bicyclic) bond motifs is 1. The van der Waals surface area contributed by atoms with E-state index in [0.29, 0.717) is 12.2 Å². The van der Waals surface area contributed by atoms with Crippen molar-refractivity contribution in [2.45, 2.75) is 12.8 Å². The van der Waals surface area contributed by atoms with E-state index in [1.54, 1.807) is 0 Å². The molecular formula is C11H15NO2. The number of nitrogens with zero attached hydrogens (tertiary/aromatic N) is 1. The molecule has 0 unspecified atom stereocenters. The van der Waals surface area contributed by atoms with Crippen LogP contribution >= 0.6 is 0 Å². The molecule has 0 fully saturated rings. The molecule has 3 nitrogen and oxygen atoms in total. The average Bonchev–Trinajstić information content (AvgIpc) is 2.54. The Kier molecular flexibility index (Phi) is 2.33. The largest absolute Gasteiger partial charge is 0.507 e. The first-order valence-corrected chi connectivity index (χ1v) is 4.89. The molecule has 1 aliphatic heterocycles. The van der Waals surface area contributed by atoms with Gasteiger partial charge in [-0.05, 0) is 24.5 Å². The van der Waals surface area contributed by atoms with Crippen molar-refractivity contribution in [3.05, 3.63) is 23.3 Å². The van der Waals surface area contributed by atoms with Crippen molar-refractivity contribution in [1.82, 2.24) is 0 Å². The second-order valence-electron chi connectivity index (χ2n) is 3.72. The third-order valence-corrected chi connectivity index (χ3v) is 2.83. The molecule has 0 spiro atoms. The molecule has 0 aromatic heterocycles. The second kappa shape index (κ2) is 3.50. The van der Waals surface area contributed by atoms with Gasteiger partial charge in [0.15, 0.2) is 0 Å². The first-order chi connectivity index (χ1) is 6.74. The van der Waals surface area contributed by atoms with E-state index in [0.717, 1.165) is 29.8 Å². The van der Waals surface area contributed by atoms with Crippen molar-refractivity contribution in [1.29, 1.82) is 0 Å². The highest BCUT2D eigenvalue weighted by Crippen LogP contribution is 2.36. The zero-order chi connectivity index (χ0) is 10.1. The molecule has 1 heterocycles. The van der Waals surface area contributed by atoms with Gasteiger partial charge < -0.3 is 15.1 Å². The lowest BCUT2D eigenvalue weighted by Crippen LogP contribution is -2.12. The van der Waals surface area contributed by atoms with E-state index in [-0.39, 0.29) is 6.61 Å². The molecule has 3 heteroatoms. The number of phenolic OH excluding ortho intramolecular Hbond substituents is 1. The number of anilines is 1. The number of aliphatic hydroxyl groups excluding tert-OH is 1. The second-order valence-corrected chi connectivity index (χ2v) is 3.72. The summed E-state index contributed by atoms with van der Waals surface area (Å²) in [4.78, 5) is 2.14. The summed E-state index contributed by atoms with van der Waals surface area (Å²) in [7, 11) is 2.02. The lowest BCUT2D eigenvalue weighted by atomic mass is 10.0. The Hall–Kier alpha value is -1.22. The number of aromatic hydroxyl groups is 1. The summed E-state index contributed by atoms with van der Waals surface area (Å²) in [6.07, 6.45) is 1.43. The van der Waals surface area contributed by atoms with Gasteiger partial charge in [-0.3, -0.25) is 0 Å². The van der Waals surface area contributed by atoms with Gasteiger partial charge in [-0.2, -0.15) is 0 Å². The van der Waals surface area contributed by atoms with Crippen molar-refractivity contribution in [2.75, 3.05) is 25.1 Å². The van der Waals surface area contributed by atoms with Crippen LogP contribution in [0.4, 0.5) is 5.69 Å². The molecule has 0 atom stereocenters. The van der Waals surface area contributed by atoms with Crippen LogP contribution in [0.5, 0.6) is 5.75 Å². The van der Waals surface area contributed by atoms with E-state index in [2.05, 4.69) is 4.90 Å². The summed E-state index contributed by atoms with van der Waals surface area (Å²) in [6.45, 7) is 1.05. The van der Waals surface area contributed by atoms with Gasteiger partial charge in [0.05, 0.1) is 0 Å². The molecule has 0 aliphatic carbocycles.